The summed E-state index contributed by atoms with van der Waals surface area (Å²) in [5, 5.41) is 5.23. The Morgan fingerprint density at radius 3 is 2.40 bits per heavy atom. The molecule has 3 rings (SSSR count). The van der Waals surface area contributed by atoms with Crippen molar-refractivity contribution in [3.8, 4) is 5.75 Å². The summed E-state index contributed by atoms with van der Waals surface area (Å²) in [6, 6.07) is 12.4. The van der Waals surface area contributed by atoms with Crippen LogP contribution in [-0.2, 0) is 0 Å². The quantitative estimate of drug-likeness (QED) is 0.539. The number of rotatable bonds is 3. The minimum atomic E-state index is -0.572. The molecule has 0 amide bonds. The molecule has 0 spiro atoms. The lowest BCUT2D eigenvalue weighted by molar-refractivity contribution is 0.0726. The van der Waals surface area contributed by atoms with Gasteiger partial charge in [-0.3, -0.25) is 4.79 Å². The normalized spacial score (nSPS) is 11.1. The van der Waals surface area contributed by atoms with Gasteiger partial charge in [0.2, 0.25) is 0 Å². The summed E-state index contributed by atoms with van der Waals surface area (Å²) in [4.78, 5) is 25.3. The lowest BCUT2D eigenvalue weighted by Gasteiger charge is -2.13. The Hall–Kier alpha value is -2.95. The van der Waals surface area contributed by atoms with Gasteiger partial charge in [0.1, 0.15) is 5.75 Å². The average molecular weight is 336 g/mol. The van der Waals surface area contributed by atoms with Crippen LogP contribution in [0.4, 0.5) is 0 Å². The molecule has 0 saturated carbocycles. The van der Waals surface area contributed by atoms with Crippen molar-refractivity contribution >= 4 is 16.7 Å². The van der Waals surface area contributed by atoms with Crippen LogP contribution in [0.1, 0.15) is 41.5 Å². The number of esters is 1. The number of nitrogens with zero attached hydrogens (tertiary/aromatic N) is 2. The molecule has 5 heteroatoms. The van der Waals surface area contributed by atoms with Crippen molar-refractivity contribution in [2.75, 3.05) is 0 Å². The fourth-order valence-corrected chi connectivity index (χ4v) is 2.77. The van der Waals surface area contributed by atoms with Crippen LogP contribution >= 0.6 is 0 Å². The van der Waals surface area contributed by atoms with Gasteiger partial charge in [0, 0.05) is 5.39 Å². The number of fused-ring (bicyclic) bond motifs is 1. The first-order chi connectivity index (χ1) is 11.9. The summed E-state index contributed by atoms with van der Waals surface area (Å²) < 4.78 is 6.87. The topological polar surface area (TPSA) is 61.2 Å². The van der Waals surface area contributed by atoms with Gasteiger partial charge in [-0.2, -0.15) is 5.10 Å². The van der Waals surface area contributed by atoms with Gasteiger partial charge in [-0.15, -0.1) is 0 Å². The van der Waals surface area contributed by atoms with E-state index in [0.29, 0.717) is 16.5 Å². The van der Waals surface area contributed by atoms with Crippen LogP contribution in [0.25, 0.3) is 10.8 Å². The van der Waals surface area contributed by atoms with Gasteiger partial charge in [0.05, 0.1) is 11.4 Å². The van der Waals surface area contributed by atoms with E-state index in [1.807, 2.05) is 39.8 Å². The largest absolute Gasteiger partial charge is 0.421 e. The third-order valence-corrected chi connectivity index (χ3v) is 4.04. The third-order valence-electron chi connectivity index (χ3n) is 4.04. The van der Waals surface area contributed by atoms with E-state index in [-0.39, 0.29) is 17.3 Å². The molecule has 0 radical (unpaired) electrons. The molecule has 0 atom stereocenters. The average Bonchev–Trinajstić information content (AvgIpc) is 2.57. The Labute approximate surface area is 145 Å². The summed E-state index contributed by atoms with van der Waals surface area (Å²) in [5.74, 6) is -0.0821. The van der Waals surface area contributed by atoms with Crippen molar-refractivity contribution in [1.29, 1.82) is 0 Å². The first kappa shape index (κ1) is 16.9. The molecule has 0 fully saturated rings. The standard InChI is InChI=1S/C20H20N2O3/c1-12(2)22-19(23)16-8-6-5-7-15(16)18(21-22)20(24)25-17-10-9-13(3)11-14(17)4/h5-12H,1-4H3. The Kier molecular flexibility index (Phi) is 4.40. The Morgan fingerprint density at radius 2 is 1.76 bits per heavy atom. The van der Waals surface area contributed by atoms with Gasteiger partial charge in [-0.25, -0.2) is 9.48 Å². The molecule has 0 saturated heterocycles. The van der Waals surface area contributed by atoms with Gasteiger partial charge >= 0.3 is 5.97 Å². The van der Waals surface area contributed by atoms with Crippen LogP contribution in [0.2, 0.25) is 0 Å². The molecule has 0 bridgehead atoms. The maximum atomic E-state index is 12.8. The number of carbonyl (C=O) groups is 1. The third kappa shape index (κ3) is 3.18. The predicted molar refractivity (Wildman–Crippen MR) is 97.3 cm³/mol. The highest BCUT2D eigenvalue weighted by Crippen LogP contribution is 2.22. The Balaban J connectivity index is 2.12. The number of ether oxygens (including phenoxy) is 1. The molecular weight excluding hydrogens is 316 g/mol. The van der Waals surface area contributed by atoms with Gasteiger partial charge in [0.15, 0.2) is 5.69 Å². The Morgan fingerprint density at radius 1 is 1.08 bits per heavy atom. The zero-order chi connectivity index (χ0) is 18.1. The molecule has 128 valence electrons. The fraction of sp³-hybridized carbons (Fsp3) is 0.250. The number of hydrogen-bond donors (Lipinski definition) is 0. The lowest BCUT2D eigenvalue weighted by atomic mass is 10.1. The van der Waals surface area contributed by atoms with Crippen molar-refractivity contribution < 1.29 is 9.53 Å². The molecular formula is C20H20N2O3. The minimum absolute atomic E-state index is 0.142. The smallest absolute Gasteiger partial charge is 0.364 e. The Bertz CT molecular complexity index is 1020. The van der Waals surface area contributed by atoms with E-state index >= 15 is 0 Å². The van der Waals surface area contributed by atoms with Crippen molar-refractivity contribution in [1.82, 2.24) is 9.78 Å². The molecule has 5 nitrogen and oxygen atoms in total. The van der Waals surface area contributed by atoms with Gasteiger partial charge in [-0.1, -0.05) is 35.9 Å². The van der Waals surface area contributed by atoms with Gasteiger partial charge < -0.3 is 4.74 Å². The molecule has 1 aromatic heterocycles. The first-order valence-corrected chi connectivity index (χ1v) is 8.19. The van der Waals surface area contributed by atoms with Crippen LogP contribution in [0.3, 0.4) is 0 Å². The number of carbonyl (C=O) groups excluding carboxylic acids is 1. The summed E-state index contributed by atoms with van der Waals surface area (Å²) in [6.45, 7) is 7.56. The van der Waals surface area contributed by atoms with Crippen LogP contribution < -0.4 is 10.3 Å². The molecule has 0 unspecified atom stereocenters. The van der Waals surface area contributed by atoms with Crippen molar-refractivity contribution in [3.05, 3.63) is 69.6 Å². The second kappa shape index (κ2) is 6.51. The van der Waals surface area contributed by atoms with Gasteiger partial charge in [0.25, 0.3) is 5.56 Å². The number of benzene rings is 2. The molecule has 3 aromatic rings. The van der Waals surface area contributed by atoms with Crippen LogP contribution in [0.5, 0.6) is 5.75 Å². The molecule has 0 aliphatic carbocycles. The van der Waals surface area contributed by atoms with E-state index in [1.54, 1.807) is 30.3 Å². The zero-order valence-electron chi connectivity index (χ0n) is 14.7. The monoisotopic (exact) mass is 336 g/mol. The van der Waals surface area contributed by atoms with E-state index in [4.69, 9.17) is 4.74 Å². The fourth-order valence-electron chi connectivity index (χ4n) is 2.77. The summed E-state index contributed by atoms with van der Waals surface area (Å²) >= 11 is 0. The minimum Gasteiger partial charge on any atom is -0.421 e. The van der Waals surface area contributed by atoms with Crippen LogP contribution in [0, 0.1) is 13.8 Å². The van der Waals surface area contributed by atoms with E-state index in [0.717, 1.165) is 11.1 Å². The van der Waals surface area contributed by atoms with E-state index in [9.17, 15) is 9.59 Å². The number of hydrogen-bond acceptors (Lipinski definition) is 4. The summed E-state index contributed by atoms with van der Waals surface area (Å²) in [5.41, 5.74) is 1.89. The van der Waals surface area contributed by atoms with Crippen molar-refractivity contribution in [2.45, 2.75) is 33.7 Å². The van der Waals surface area contributed by atoms with E-state index in [1.165, 1.54) is 4.68 Å². The molecule has 2 aromatic carbocycles. The molecule has 25 heavy (non-hydrogen) atoms. The number of aryl methyl sites for hydroxylation is 2. The maximum Gasteiger partial charge on any atom is 0.364 e. The lowest BCUT2D eigenvalue weighted by Crippen LogP contribution is -2.28. The summed E-state index contributed by atoms with van der Waals surface area (Å²) in [6.07, 6.45) is 0. The predicted octanol–water partition coefficient (Wildman–Crippen LogP) is 3.81. The molecule has 0 aliphatic rings. The maximum absolute atomic E-state index is 12.8. The van der Waals surface area contributed by atoms with E-state index in [2.05, 4.69) is 5.10 Å². The molecule has 1 heterocycles. The zero-order valence-corrected chi connectivity index (χ0v) is 14.7. The highest BCUT2D eigenvalue weighted by molar-refractivity contribution is 6.02. The highest BCUT2D eigenvalue weighted by atomic mass is 16.5. The molecule has 0 N–H and O–H groups in total. The SMILES string of the molecule is Cc1ccc(OC(=O)c2nn(C(C)C)c(=O)c3ccccc23)c(C)c1. The second-order valence-electron chi connectivity index (χ2n) is 6.40. The summed E-state index contributed by atoms with van der Waals surface area (Å²) in [7, 11) is 0. The first-order valence-electron chi connectivity index (χ1n) is 8.19. The number of aromatic nitrogens is 2. The second-order valence-corrected chi connectivity index (χ2v) is 6.40. The molecule has 0 aliphatic heterocycles. The van der Waals surface area contributed by atoms with Gasteiger partial charge in [-0.05, 0) is 45.4 Å². The van der Waals surface area contributed by atoms with Crippen molar-refractivity contribution in [2.24, 2.45) is 0 Å². The van der Waals surface area contributed by atoms with Crippen LogP contribution in [-0.4, -0.2) is 15.7 Å². The van der Waals surface area contributed by atoms with E-state index < -0.39 is 5.97 Å². The highest BCUT2D eigenvalue weighted by Gasteiger charge is 2.20. The van der Waals surface area contributed by atoms with Crippen LogP contribution in [0.15, 0.2) is 47.3 Å². The van der Waals surface area contributed by atoms with Crippen molar-refractivity contribution in [3.63, 3.8) is 0 Å².